The Kier molecular flexibility index (Phi) is 8.89. The third-order valence-electron chi connectivity index (χ3n) is 5.61. The minimum Gasteiger partial charge on any atom is -0.483 e. The van der Waals surface area contributed by atoms with Crippen LogP contribution in [0.5, 0.6) is 5.75 Å². The van der Waals surface area contributed by atoms with Gasteiger partial charge in [-0.1, -0.05) is 76.1 Å². The zero-order chi connectivity index (χ0) is 26.9. The molecule has 0 spiro atoms. The van der Waals surface area contributed by atoms with Gasteiger partial charge in [0.05, 0.1) is 5.56 Å². The van der Waals surface area contributed by atoms with Crippen molar-refractivity contribution in [1.29, 1.82) is 0 Å². The number of nitrogens with one attached hydrogen (secondary N) is 3. The summed E-state index contributed by atoms with van der Waals surface area (Å²) in [7, 11) is 0. The second-order valence-electron chi connectivity index (χ2n) is 8.51. The molecule has 0 saturated heterocycles. The third kappa shape index (κ3) is 7.30. The quantitative estimate of drug-likeness (QED) is 0.233. The van der Waals surface area contributed by atoms with E-state index >= 15 is 0 Å². The van der Waals surface area contributed by atoms with Gasteiger partial charge in [-0.05, 0) is 61.0 Å². The molecule has 0 aliphatic rings. The first-order valence-electron chi connectivity index (χ1n) is 11.9. The molecule has 4 rings (SSSR count). The Bertz CT molecular complexity index is 1410. The fourth-order valence-electron chi connectivity index (χ4n) is 3.66. The smallest absolute Gasteiger partial charge is 0.262 e. The first kappa shape index (κ1) is 26.6. The summed E-state index contributed by atoms with van der Waals surface area (Å²) in [5.41, 5.74) is 3.14. The monoisotopic (exact) mass is 571 g/mol. The second-order valence-corrected chi connectivity index (χ2v) is 9.43. The van der Waals surface area contributed by atoms with Crippen LogP contribution in [0, 0.1) is 6.92 Å². The maximum atomic E-state index is 13.3. The molecule has 0 saturated carbocycles. The van der Waals surface area contributed by atoms with Crippen LogP contribution in [0.25, 0.3) is 0 Å². The van der Waals surface area contributed by atoms with E-state index in [2.05, 4.69) is 31.9 Å². The molecular formula is C30H26BrN3O4. The molecule has 4 aromatic rings. The van der Waals surface area contributed by atoms with E-state index in [1.165, 1.54) is 0 Å². The molecule has 7 nitrogen and oxygen atoms in total. The van der Waals surface area contributed by atoms with Crippen molar-refractivity contribution in [2.75, 3.05) is 17.2 Å². The lowest BCUT2D eigenvalue weighted by Gasteiger charge is -2.20. The van der Waals surface area contributed by atoms with E-state index in [1.807, 2.05) is 37.3 Å². The molecule has 38 heavy (non-hydrogen) atoms. The Morgan fingerprint density at radius 1 is 0.763 bits per heavy atom. The Labute approximate surface area is 229 Å². The maximum absolute atomic E-state index is 13.3. The summed E-state index contributed by atoms with van der Waals surface area (Å²) in [6, 6.07) is 29.1. The second kappa shape index (κ2) is 12.7. The number of ether oxygens (including phenoxy) is 1. The molecule has 0 fully saturated rings. The number of benzene rings is 4. The van der Waals surface area contributed by atoms with Gasteiger partial charge in [-0.25, -0.2) is 0 Å². The molecule has 8 heteroatoms. The number of hydrogen-bond acceptors (Lipinski definition) is 4. The van der Waals surface area contributed by atoms with E-state index in [0.717, 1.165) is 10.0 Å². The summed E-state index contributed by atoms with van der Waals surface area (Å²) in [6.45, 7) is 1.67. The molecule has 0 bridgehead atoms. The molecular weight excluding hydrogens is 546 g/mol. The van der Waals surface area contributed by atoms with Crippen molar-refractivity contribution >= 4 is 45.0 Å². The average Bonchev–Trinajstić information content (AvgIpc) is 2.93. The van der Waals surface area contributed by atoms with Crippen LogP contribution in [0.15, 0.2) is 108 Å². The minimum absolute atomic E-state index is 0.202. The Hall–Kier alpha value is -4.43. The molecule has 4 aromatic carbocycles. The number of aryl methyl sites for hydroxylation is 1. The summed E-state index contributed by atoms with van der Waals surface area (Å²) in [5.74, 6) is -1.05. The van der Waals surface area contributed by atoms with E-state index in [9.17, 15) is 14.4 Å². The van der Waals surface area contributed by atoms with Gasteiger partial charge < -0.3 is 20.7 Å². The molecule has 1 atom stereocenters. The Morgan fingerprint density at radius 3 is 2.08 bits per heavy atom. The SMILES string of the molecule is Cc1ccc(NC(=O)[C@H](NC(=O)c2ccccc2OCC(=O)Nc2ccc(Br)cc2)c2ccccc2)cc1. The van der Waals surface area contributed by atoms with Gasteiger partial charge in [-0.15, -0.1) is 0 Å². The Morgan fingerprint density at radius 2 is 1.37 bits per heavy atom. The number of amides is 3. The van der Waals surface area contributed by atoms with Crippen molar-refractivity contribution in [3.63, 3.8) is 0 Å². The molecule has 192 valence electrons. The number of carbonyl (C=O) groups excluding carboxylic acids is 3. The highest BCUT2D eigenvalue weighted by Gasteiger charge is 2.25. The fourth-order valence-corrected chi connectivity index (χ4v) is 3.92. The highest BCUT2D eigenvalue weighted by atomic mass is 79.9. The summed E-state index contributed by atoms with van der Waals surface area (Å²) in [4.78, 5) is 39.0. The van der Waals surface area contributed by atoms with E-state index in [0.29, 0.717) is 16.9 Å². The van der Waals surface area contributed by atoms with E-state index in [1.54, 1.807) is 72.8 Å². The van der Waals surface area contributed by atoms with Gasteiger partial charge in [-0.2, -0.15) is 0 Å². The predicted octanol–water partition coefficient (Wildman–Crippen LogP) is 5.88. The number of anilines is 2. The predicted molar refractivity (Wildman–Crippen MR) is 151 cm³/mol. The number of carbonyl (C=O) groups is 3. The zero-order valence-corrected chi connectivity index (χ0v) is 22.2. The van der Waals surface area contributed by atoms with Crippen molar-refractivity contribution in [1.82, 2.24) is 5.32 Å². The molecule has 3 amide bonds. The molecule has 0 aromatic heterocycles. The van der Waals surface area contributed by atoms with Crippen molar-refractivity contribution in [2.24, 2.45) is 0 Å². The van der Waals surface area contributed by atoms with Crippen LogP contribution in [0.4, 0.5) is 11.4 Å². The number of hydrogen-bond donors (Lipinski definition) is 3. The van der Waals surface area contributed by atoms with Crippen LogP contribution in [-0.4, -0.2) is 24.3 Å². The summed E-state index contributed by atoms with van der Waals surface area (Å²) < 4.78 is 6.58. The van der Waals surface area contributed by atoms with Gasteiger partial charge in [0.2, 0.25) is 0 Å². The highest BCUT2D eigenvalue weighted by molar-refractivity contribution is 9.10. The summed E-state index contributed by atoms with van der Waals surface area (Å²) in [5, 5.41) is 8.43. The van der Waals surface area contributed by atoms with Gasteiger partial charge in [0.15, 0.2) is 6.61 Å². The van der Waals surface area contributed by atoms with Crippen molar-refractivity contribution in [3.8, 4) is 5.75 Å². The lowest BCUT2D eigenvalue weighted by atomic mass is 10.0. The van der Waals surface area contributed by atoms with Crippen LogP contribution < -0.4 is 20.7 Å². The summed E-state index contributed by atoms with van der Waals surface area (Å²) >= 11 is 3.35. The van der Waals surface area contributed by atoms with Crippen molar-refractivity contribution in [3.05, 3.63) is 124 Å². The van der Waals surface area contributed by atoms with Gasteiger partial charge >= 0.3 is 0 Å². The topological polar surface area (TPSA) is 96.5 Å². The standard InChI is InChI=1S/C30H26BrN3O4/c1-20-11-15-24(16-12-20)33-30(37)28(21-7-3-2-4-8-21)34-29(36)25-9-5-6-10-26(25)38-19-27(35)32-23-17-13-22(31)14-18-23/h2-18,28H,19H2,1H3,(H,32,35)(H,33,37)(H,34,36)/t28-/m1/s1. The highest BCUT2D eigenvalue weighted by Crippen LogP contribution is 2.22. The molecule has 0 unspecified atom stereocenters. The molecule has 3 N–H and O–H groups in total. The van der Waals surface area contributed by atoms with Crippen LogP contribution in [0.2, 0.25) is 0 Å². The zero-order valence-electron chi connectivity index (χ0n) is 20.6. The van der Waals surface area contributed by atoms with Gasteiger partial charge in [0.25, 0.3) is 17.7 Å². The van der Waals surface area contributed by atoms with Crippen LogP contribution >= 0.6 is 15.9 Å². The lowest BCUT2D eigenvalue weighted by Crippen LogP contribution is -2.37. The fraction of sp³-hybridized carbons (Fsp3) is 0.100. The van der Waals surface area contributed by atoms with Gasteiger partial charge in [0, 0.05) is 15.8 Å². The van der Waals surface area contributed by atoms with E-state index < -0.39 is 11.9 Å². The van der Waals surface area contributed by atoms with Crippen LogP contribution in [-0.2, 0) is 9.59 Å². The van der Waals surface area contributed by atoms with Gasteiger partial charge in [-0.3, -0.25) is 14.4 Å². The number of halogens is 1. The molecule has 0 radical (unpaired) electrons. The Balaban J connectivity index is 1.47. The normalized spacial score (nSPS) is 11.2. The van der Waals surface area contributed by atoms with E-state index in [4.69, 9.17) is 4.74 Å². The number of para-hydroxylation sites is 1. The summed E-state index contributed by atoms with van der Waals surface area (Å²) in [6.07, 6.45) is 0. The number of rotatable bonds is 9. The van der Waals surface area contributed by atoms with Gasteiger partial charge in [0.1, 0.15) is 11.8 Å². The molecule has 0 aliphatic carbocycles. The van der Waals surface area contributed by atoms with E-state index in [-0.39, 0.29) is 29.7 Å². The first-order valence-corrected chi connectivity index (χ1v) is 12.7. The molecule has 0 aliphatic heterocycles. The third-order valence-corrected chi connectivity index (χ3v) is 6.14. The first-order chi connectivity index (χ1) is 18.4. The lowest BCUT2D eigenvalue weighted by molar-refractivity contribution is -0.118. The average molecular weight is 572 g/mol. The largest absolute Gasteiger partial charge is 0.483 e. The molecule has 0 heterocycles. The van der Waals surface area contributed by atoms with Crippen LogP contribution in [0.3, 0.4) is 0 Å². The maximum Gasteiger partial charge on any atom is 0.262 e. The van der Waals surface area contributed by atoms with Crippen molar-refractivity contribution in [2.45, 2.75) is 13.0 Å². The van der Waals surface area contributed by atoms with Crippen LogP contribution in [0.1, 0.15) is 27.5 Å². The van der Waals surface area contributed by atoms with Crippen molar-refractivity contribution < 1.29 is 19.1 Å². The minimum atomic E-state index is -0.959.